The van der Waals surface area contributed by atoms with Gasteiger partial charge in [0.05, 0.1) is 13.2 Å². The molecule has 41 heavy (non-hydrogen) atoms. The topological polar surface area (TPSA) is 137 Å². The van der Waals surface area contributed by atoms with Crippen LogP contribution in [0.2, 0.25) is 0 Å². The molecule has 218 valence electrons. The molecule has 0 heterocycles. The van der Waals surface area contributed by atoms with Crippen molar-refractivity contribution in [2.45, 2.75) is 38.6 Å². The second kappa shape index (κ2) is 16.6. The minimum atomic E-state index is -1.02. The number of esters is 1. The Morgan fingerprint density at radius 2 is 1.27 bits per heavy atom. The predicted molar refractivity (Wildman–Crippen MR) is 154 cm³/mol. The van der Waals surface area contributed by atoms with Crippen LogP contribution in [0.25, 0.3) is 0 Å². The van der Waals surface area contributed by atoms with Crippen LogP contribution in [-0.2, 0) is 38.7 Å². The number of rotatable bonds is 15. The fourth-order valence-electron chi connectivity index (χ4n) is 4.02. The summed E-state index contributed by atoms with van der Waals surface area (Å²) in [7, 11) is 0. The number of benzene rings is 3. The Hall–Kier alpha value is -4.41. The minimum Gasteiger partial charge on any atom is -0.459 e. The Morgan fingerprint density at radius 3 is 1.80 bits per heavy atom. The van der Waals surface area contributed by atoms with Gasteiger partial charge in [-0.3, -0.25) is 4.79 Å². The van der Waals surface area contributed by atoms with Crippen molar-refractivity contribution in [3.8, 4) is 0 Å². The van der Waals surface area contributed by atoms with Crippen LogP contribution in [0.15, 0.2) is 84.9 Å². The maximum atomic E-state index is 13.1. The van der Waals surface area contributed by atoms with Crippen molar-refractivity contribution in [3.05, 3.63) is 102 Å². The van der Waals surface area contributed by atoms with Gasteiger partial charge >= 0.3 is 12.1 Å². The highest BCUT2D eigenvalue weighted by atomic mass is 16.5. The van der Waals surface area contributed by atoms with Crippen molar-refractivity contribution in [3.63, 3.8) is 0 Å². The molecule has 0 spiro atoms. The second-order valence-corrected chi connectivity index (χ2v) is 9.39. The first kappa shape index (κ1) is 31.1. The van der Waals surface area contributed by atoms with E-state index < -0.39 is 30.1 Å². The highest BCUT2D eigenvalue weighted by Gasteiger charge is 2.26. The molecule has 3 aromatic carbocycles. The summed E-state index contributed by atoms with van der Waals surface area (Å²) in [5.41, 5.74) is 3.17. The van der Waals surface area contributed by atoms with Crippen LogP contribution < -0.4 is 15.5 Å². The van der Waals surface area contributed by atoms with Crippen molar-refractivity contribution < 1.29 is 34.1 Å². The molecule has 10 heteroatoms. The zero-order valence-electron chi connectivity index (χ0n) is 23.1. The lowest BCUT2D eigenvalue weighted by atomic mass is 10.0. The smallest absolute Gasteiger partial charge is 0.408 e. The molecule has 0 fully saturated rings. The Morgan fingerprint density at radius 1 is 0.732 bits per heavy atom. The number of alkyl carbamates (subject to hydrolysis) is 1. The third kappa shape index (κ3) is 10.6. The van der Waals surface area contributed by atoms with Gasteiger partial charge in [0.1, 0.15) is 25.3 Å². The molecular formula is C31H37N3O7. The summed E-state index contributed by atoms with van der Waals surface area (Å²) in [6, 6.07) is 23.6. The van der Waals surface area contributed by atoms with Gasteiger partial charge in [-0.15, -0.1) is 0 Å². The largest absolute Gasteiger partial charge is 0.459 e. The van der Waals surface area contributed by atoms with E-state index in [1.54, 1.807) is 0 Å². The van der Waals surface area contributed by atoms with E-state index in [2.05, 4.69) is 10.6 Å². The van der Waals surface area contributed by atoms with Crippen LogP contribution in [0.5, 0.6) is 0 Å². The quantitative estimate of drug-likeness (QED) is 0.207. The van der Waals surface area contributed by atoms with E-state index in [1.807, 2.05) is 89.8 Å². The standard InChI is InChI=1S/C31H37N3O7/c1-23(32-31(39)41-22-26-10-6-3-7-11-26)29(37)33-28(30(38)40-21-25-8-4-2-5-9-25)20-24-12-14-27(15-13-24)34(16-18-35)17-19-36/h2-15,23,28,35-36H,16-22H2,1H3,(H,32,39)(H,33,37)/t23-,28+/m1/s1. The molecule has 0 unspecified atom stereocenters. The molecular weight excluding hydrogens is 526 g/mol. The second-order valence-electron chi connectivity index (χ2n) is 9.39. The zero-order chi connectivity index (χ0) is 29.5. The summed E-state index contributed by atoms with van der Waals surface area (Å²) < 4.78 is 10.7. The SMILES string of the molecule is C[C@@H](NC(=O)OCc1ccccc1)C(=O)N[C@@H](Cc1ccc(N(CCO)CCO)cc1)C(=O)OCc1ccccc1. The van der Waals surface area contributed by atoms with Crippen LogP contribution in [0, 0.1) is 0 Å². The van der Waals surface area contributed by atoms with E-state index in [4.69, 9.17) is 9.47 Å². The number of carbonyl (C=O) groups is 3. The molecule has 3 aromatic rings. The molecule has 0 aliphatic carbocycles. The van der Waals surface area contributed by atoms with Crippen LogP contribution in [0.3, 0.4) is 0 Å². The van der Waals surface area contributed by atoms with Gasteiger partial charge in [0.15, 0.2) is 0 Å². The Kier molecular flexibility index (Phi) is 12.6. The van der Waals surface area contributed by atoms with Crippen LogP contribution in [-0.4, -0.2) is 66.6 Å². The molecule has 0 radical (unpaired) electrons. The Balaban J connectivity index is 1.64. The maximum Gasteiger partial charge on any atom is 0.408 e. The molecule has 0 bridgehead atoms. The molecule has 2 amide bonds. The first-order chi connectivity index (χ1) is 19.9. The van der Waals surface area contributed by atoms with E-state index in [0.717, 1.165) is 22.4 Å². The van der Waals surface area contributed by atoms with Crippen molar-refractivity contribution in [1.82, 2.24) is 10.6 Å². The average molecular weight is 564 g/mol. The van der Waals surface area contributed by atoms with Crippen LogP contribution in [0.4, 0.5) is 10.5 Å². The number of hydrogen-bond donors (Lipinski definition) is 4. The van der Waals surface area contributed by atoms with Gasteiger partial charge in [-0.2, -0.15) is 0 Å². The molecule has 2 atom stereocenters. The molecule has 0 aromatic heterocycles. The van der Waals surface area contributed by atoms with E-state index >= 15 is 0 Å². The normalized spacial score (nSPS) is 12.1. The predicted octanol–water partition coefficient (Wildman–Crippen LogP) is 2.56. The molecule has 4 N–H and O–H groups in total. The van der Waals surface area contributed by atoms with E-state index in [0.29, 0.717) is 13.1 Å². The highest BCUT2D eigenvalue weighted by Crippen LogP contribution is 2.17. The van der Waals surface area contributed by atoms with E-state index in [-0.39, 0.29) is 32.8 Å². The molecule has 0 aliphatic heterocycles. The number of amides is 2. The molecule has 0 saturated carbocycles. The van der Waals surface area contributed by atoms with Crippen LogP contribution in [0.1, 0.15) is 23.6 Å². The summed E-state index contributed by atoms with van der Waals surface area (Å²) in [5.74, 6) is -1.19. The zero-order valence-corrected chi connectivity index (χ0v) is 23.1. The number of nitrogens with one attached hydrogen (secondary N) is 2. The van der Waals surface area contributed by atoms with Gasteiger partial charge in [0.2, 0.25) is 5.91 Å². The van der Waals surface area contributed by atoms with Crippen molar-refractivity contribution in [1.29, 1.82) is 0 Å². The fraction of sp³-hybridized carbons (Fsp3) is 0.323. The molecule has 3 rings (SSSR count). The molecule has 10 nitrogen and oxygen atoms in total. The lowest BCUT2D eigenvalue weighted by Gasteiger charge is -2.24. The number of aliphatic hydroxyl groups is 2. The third-order valence-electron chi connectivity index (χ3n) is 6.25. The van der Waals surface area contributed by atoms with Gasteiger partial charge in [-0.1, -0.05) is 72.8 Å². The number of nitrogens with zero attached hydrogens (tertiary/aromatic N) is 1. The number of carbonyl (C=O) groups excluding carboxylic acids is 3. The number of ether oxygens (including phenoxy) is 2. The number of aliphatic hydroxyl groups excluding tert-OH is 2. The third-order valence-corrected chi connectivity index (χ3v) is 6.25. The highest BCUT2D eigenvalue weighted by molar-refractivity contribution is 5.89. The maximum absolute atomic E-state index is 13.1. The summed E-state index contributed by atoms with van der Waals surface area (Å²) in [6.45, 7) is 2.20. The minimum absolute atomic E-state index is 0.0435. The van der Waals surface area contributed by atoms with Gasteiger partial charge < -0.3 is 35.2 Å². The first-order valence-electron chi connectivity index (χ1n) is 13.4. The summed E-state index contributed by atoms with van der Waals surface area (Å²) >= 11 is 0. The summed E-state index contributed by atoms with van der Waals surface area (Å²) in [5, 5.41) is 23.8. The lowest BCUT2D eigenvalue weighted by molar-refractivity contribution is -0.149. The fourth-order valence-corrected chi connectivity index (χ4v) is 4.02. The number of hydrogen-bond acceptors (Lipinski definition) is 8. The van der Waals surface area contributed by atoms with E-state index in [1.165, 1.54) is 6.92 Å². The Bertz CT molecular complexity index is 1220. The molecule has 0 aliphatic rings. The molecule has 0 saturated heterocycles. The van der Waals surface area contributed by atoms with E-state index in [9.17, 15) is 24.6 Å². The van der Waals surface area contributed by atoms with Gasteiger partial charge in [-0.25, -0.2) is 9.59 Å². The number of anilines is 1. The van der Waals surface area contributed by atoms with Gasteiger partial charge in [-0.05, 0) is 35.7 Å². The monoisotopic (exact) mass is 563 g/mol. The van der Waals surface area contributed by atoms with Crippen LogP contribution >= 0.6 is 0 Å². The van der Waals surface area contributed by atoms with Crippen molar-refractivity contribution in [2.24, 2.45) is 0 Å². The van der Waals surface area contributed by atoms with Gasteiger partial charge in [0.25, 0.3) is 0 Å². The summed E-state index contributed by atoms with van der Waals surface area (Å²) in [4.78, 5) is 40.1. The Labute approximate surface area is 239 Å². The van der Waals surface area contributed by atoms with Crippen molar-refractivity contribution in [2.75, 3.05) is 31.2 Å². The lowest BCUT2D eigenvalue weighted by Crippen LogP contribution is -2.51. The van der Waals surface area contributed by atoms with Crippen molar-refractivity contribution >= 4 is 23.7 Å². The summed E-state index contributed by atoms with van der Waals surface area (Å²) in [6.07, 6.45) is -0.615. The average Bonchev–Trinajstić information content (AvgIpc) is 2.99. The van der Waals surface area contributed by atoms with Gasteiger partial charge in [0, 0.05) is 25.2 Å². The first-order valence-corrected chi connectivity index (χ1v) is 13.4.